The molecule has 0 heterocycles. The molecule has 0 saturated carbocycles. The van der Waals surface area contributed by atoms with Gasteiger partial charge in [-0.15, -0.1) is 0 Å². The minimum atomic E-state index is -4.20. The van der Waals surface area contributed by atoms with Gasteiger partial charge in [0.05, 0.1) is 11.5 Å². The Morgan fingerprint density at radius 2 is 1.74 bits per heavy atom. The summed E-state index contributed by atoms with van der Waals surface area (Å²) >= 11 is 0. The molecule has 0 saturated heterocycles. The van der Waals surface area contributed by atoms with E-state index in [-0.39, 0.29) is 4.90 Å². The van der Waals surface area contributed by atoms with Crippen molar-refractivity contribution in [2.75, 3.05) is 13.2 Å². The van der Waals surface area contributed by atoms with Gasteiger partial charge < -0.3 is 10.2 Å². The zero-order chi connectivity index (χ0) is 17.1. The third-order valence-electron chi connectivity index (χ3n) is 3.18. The highest BCUT2D eigenvalue weighted by Gasteiger charge is 2.34. The van der Waals surface area contributed by atoms with Crippen LogP contribution in [0.5, 0.6) is 0 Å². The Kier molecular flexibility index (Phi) is 5.10. The van der Waals surface area contributed by atoms with Gasteiger partial charge in [-0.2, -0.15) is 8.42 Å². The summed E-state index contributed by atoms with van der Waals surface area (Å²) < 4.78 is 55.4. The standard InChI is InChI=1S/C15H14F2O5S/c16-11-6-7-13(14(17)8-11)15(19,9-18)10-22-23(20,21)12-4-2-1-3-5-12/h1-8,18-19H,9-10H2/t15-/m1/s1. The van der Waals surface area contributed by atoms with Gasteiger partial charge in [-0.3, -0.25) is 4.18 Å². The molecule has 124 valence electrons. The van der Waals surface area contributed by atoms with Gasteiger partial charge in [-0.25, -0.2) is 8.78 Å². The Bertz CT molecular complexity index is 780. The Morgan fingerprint density at radius 3 is 2.30 bits per heavy atom. The van der Waals surface area contributed by atoms with E-state index in [0.29, 0.717) is 6.07 Å². The smallest absolute Gasteiger partial charge is 0.297 e. The molecule has 0 amide bonds. The SMILES string of the molecule is O=S(=O)(OC[C@](O)(CO)c1ccc(F)cc1F)c1ccccc1. The van der Waals surface area contributed by atoms with E-state index < -0.39 is 46.1 Å². The van der Waals surface area contributed by atoms with Crippen LogP contribution < -0.4 is 0 Å². The van der Waals surface area contributed by atoms with Crippen molar-refractivity contribution in [1.29, 1.82) is 0 Å². The van der Waals surface area contributed by atoms with E-state index in [1.54, 1.807) is 6.07 Å². The van der Waals surface area contributed by atoms with Crippen LogP contribution in [0.4, 0.5) is 8.78 Å². The summed E-state index contributed by atoms with van der Waals surface area (Å²) in [5.74, 6) is -1.99. The van der Waals surface area contributed by atoms with Gasteiger partial charge in [-0.1, -0.05) is 24.3 Å². The molecule has 5 nitrogen and oxygen atoms in total. The van der Waals surface area contributed by atoms with Crippen molar-refractivity contribution in [3.63, 3.8) is 0 Å². The maximum absolute atomic E-state index is 13.8. The first kappa shape index (κ1) is 17.5. The summed E-state index contributed by atoms with van der Waals surface area (Å²) in [5, 5.41) is 19.6. The van der Waals surface area contributed by atoms with Crippen LogP contribution in [0.1, 0.15) is 5.56 Å². The van der Waals surface area contributed by atoms with Crippen LogP contribution in [-0.4, -0.2) is 31.8 Å². The van der Waals surface area contributed by atoms with Crippen molar-refractivity contribution in [2.45, 2.75) is 10.5 Å². The highest BCUT2D eigenvalue weighted by atomic mass is 32.2. The van der Waals surface area contributed by atoms with Crippen LogP contribution in [0, 0.1) is 11.6 Å². The van der Waals surface area contributed by atoms with E-state index in [4.69, 9.17) is 4.18 Å². The van der Waals surface area contributed by atoms with Gasteiger partial charge in [0, 0.05) is 11.6 Å². The first-order valence-corrected chi connectivity index (χ1v) is 7.92. The molecule has 0 aromatic heterocycles. The molecule has 2 N–H and O–H groups in total. The van der Waals surface area contributed by atoms with E-state index in [2.05, 4.69) is 0 Å². The molecule has 0 aliphatic heterocycles. The molecule has 0 fully saturated rings. The summed E-state index contributed by atoms with van der Waals surface area (Å²) in [5.41, 5.74) is -2.80. The van der Waals surface area contributed by atoms with Crippen LogP contribution in [-0.2, 0) is 19.9 Å². The van der Waals surface area contributed by atoms with E-state index in [0.717, 1.165) is 12.1 Å². The second-order valence-electron chi connectivity index (χ2n) is 4.84. The highest BCUT2D eigenvalue weighted by molar-refractivity contribution is 7.86. The van der Waals surface area contributed by atoms with Crippen molar-refractivity contribution >= 4 is 10.1 Å². The number of benzene rings is 2. The Balaban J connectivity index is 2.25. The second-order valence-corrected chi connectivity index (χ2v) is 6.46. The monoisotopic (exact) mass is 344 g/mol. The predicted octanol–water partition coefficient (Wildman–Crippen LogP) is 1.55. The van der Waals surface area contributed by atoms with Crippen molar-refractivity contribution in [1.82, 2.24) is 0 Å². The fourth-order valence-corrected chi connectivity index (χ4v) is 2.88. The van der Waals surface area contributed by atoms with Crippen molar-refractivity contribution in [3.05, 3.63) is 65.7 Å². The molecule has 0 spiro atoms. The van der Waals surface area contributed by atoms with E-state index in [1.165, 1.54) is 24.3 Å². The quantitative estimate of drug-likeness (QED) is 0.777. The van der Waals surface area contributed by atoms with Crippen molar-refractivity contribution in [2.24, 2.45) is 0 Å². The van der Waals surface area contributed by atoms with Gasteiger partial charge in [-0.05, 0) is 18.2 Å². The summed E-state index contributed by atoms with van der Waals surface area (Å²) in [7, 11) is -4.20. The number of aliphatic hydroxyl groups is 2. The average Bonchev–Trinajstić information content (AvgIpc) is 2.53. The largest absolute Gasteiger partial charge is 0.393 e. The van der Waals surface area contributed by atoms with E-state index in [9.17, 15) is 27.4 Å². The van der Waals surface area contributed by atoms with Crippen LogP contribution in [0.25, 0.3) is 0 Å². The average molecular weight is 344 g/mol. The molecule has 0 aliphatic rings. The maximum Gasteiger partial charge on any atom is 0.297 e. The molecule has 23 heavy (non-hydrogen) atoms. The van der Waals surface area contributed by atoms with Crippen LogP contribution in [0.15, 0.2) is 53.4 Å². The van der Waals surface area contributed by atoms with Gasteiger partial charge in [0.2, 0.25) is 0 Å². The number of rotatable bonds is 6. The maximum atomic E-state index is 13.8. The fourth-order valence-electron chi connectivity index (χ4n) is 1.91. The number of aliphatic hydroxyl groups excluding tert-OH is 1. The molecular formula is C15H14F2O5S. The molecule has 2 rings (SSSR count). The minimum absolute atomic E-state index is 0.153. The van der Waals surface area contributed by atoms with E-state index >= 15 is 0 Å². The molecule has 0 aliphatic carbocycles. The Labute approximate surface area is 131 Å². The first-order chi connectivity index (χ1) is 10.8. The third kappa shape index (κ3) is 3.91. The number of hydrogen-bond acceptors (Lipinski definition) is 5. The Morgan fingerprint density at radius 1 is 1.09 bits per heavy atom. The first-order valence-electron chi connectivity index (χ1n) is 6.52. The number of hydrogen-bond donors (Lipinski definition) is 2. The second kappa shape index (κ2) is 6.71. The zero-order valence-electron chi connectivity index (χ0n) is 11.8. The van der Waals surface area contributed by atoms with Crippen LogP contribution >= 0.6 is 0 Å². The molecule has 1 atom stereocenters. The van der Waals surface area contributed by atoms with Crippen LogP contribution in [0.3, 0.4) is 0 Å². The fraction of sp³-hybridized carbons (Fsp3) is 0.200. The van der Waals surface area contributed by atoms with Gasteiger partial charge in [0.25, 0.3) is 10.1 Å². The zero-order valence-corrected chi connectivity index (χ0v) is 12.6. The molecule has 0 bridgehead atoms. The number of halogens is 2. The summed E-state index contributed by atoms with van der Waals surface area (Å²) in [6, 6.07) is 9.45. The lowest BCUT2D eigenvalue weighted by Gasteiger charge is -2.26. The molecular weight excluding hydrogens is 330 g/mol. The van der Waals surface area contributed by atoms with Crippen LogP contribution in [0.2, 0.25) is 0 Å². The van der Waals surface area contributed by atoms with E-state index in [1.807, 2.05) is 0 Å². The van der Waals surface area contributed by atoms with Gasteiger partial charge >= 0.3 is 0 Å². The topological polar surface area (TPSA) is 83.8 Å². The third-order valence-corrected chi connectivity index (χ3v) is 4.46. The summed E-state index contributed by atoms with van der Waals surface area (Å²) in [6.07, 6.45) is 0. The van der Waals surface area contributed by atoms with Gasteiger partial charge in [0.1, 0.15) is 23.8 Å². The normalized spacial score (nSPS) is 14.4. The molecule has 2 aromatic rings. The molecule has 0 radical (unpaired) electrons. The lowest BCUT2D eigenvalue weighted by atomic mass is 9.95. The molecule has 2 aromatic carbocycles. The lowest BCUT2D eigenvalue weighted by Crippen LogP contribution is -2.37. The Hall–Kier alpha value is -1.87. The predicted molar refractivity (Wildman–Crippen MR) is 76.9 cm³/mol. The summed E-state index contributed by atoms with van der Waals surface area (Å²) in [6.45, 7) is -1.94. The van der Waals surface area contributed by atoms with Crippen molar-refractivity contribution < 1.29 is 31.6 Å². The molecule has 8 heteroatoms. The molecule has 0 unspecified atom stereocenters. The minimum Gasteiger partial charge on any atom is -0.393 e. The van der Waals surface area contributed by atoms with Crippen molar-refractivity contribution in [3.8, 4) is 0 Å². The summed E-state index contributed by atoms with van der Waals surface area (Å²) in [4.78, 5) is -0.153. The highest BCUT2D eigenvalue weighted by Crippen LogP contribution is 2.26. The van der Waals surface area contributed by atoms with Gasteiger partial charge in [0.15, 0.2) is 0 Å². The lowest BCUT2D eigenvalue weighted by molar-refractivity contribution is -0.0534.